The fourth-order valence-electron chi connectivity index (χ4n) is 0.0630. The van der Waals surface area contributed by atoms with Crippen LogP contribution in [0.2, 0.25) is 0 Å². The second-order valence-electron chi connectivity index (χ2n) is 0.626. The number of allylic oxidation sites excluding steroid dienone is 2. The summed E-state index contributed by atoms with van der Waals surface area (Å²) < 4.78 is 0. The Bertz CT molecular complexity index is 30.6. The van der Waals surface area contributed by atoms with Crippen LogP contribution >= 0.6 is 11.6 Å². The molecule has 0 saturated heterocycles. The highest BCUT2D eigenvalue weighted by Crippen LogP contribution is 1.72. The van der Waals surface area contributed by atoms with Gasteiger partial charge in [0.25, 0.3) is 0 Å². The Morgan fingerprint density at radius 3 is 2.40 bits per heavy atom. The second kappa shape index (κ2) is 4.03. The minimum atomic E-state index is 0.573. The highest BCUT2D eigenvalue weighted by molar-refractivity contribution is 6.18. The lowest BCUT2D eigenvalue weighted by atomic mass is 10.6. The van der Waals surface area contributed by atoms with Gasteiger partial charge in [-0.3, -0.25) is 0 Å². The predicted molar refractivity (Wildman–Crippen MR) is 25.2 cm³/mol. The van der Waals surface area contributed by atoms with Crippen molar-refractivity contribution >= 4 is 11.6 Å². The zero-order valence-electron chi connectivity index (χ0n) is 2.95. The van der Waals surface area contributed by atoms with Gasteiger partial charge in [0, 0.05) is 5.88 Å². The van der Waals surface area contributed by atoms with Crippen molar-refractivity contribution in [2.24, 2.45) is 0 Å². The molecule has 0 aromatic rings. The second-order valence-corrected chi connectivity index (χ2v) is 0.934. The molecule has 0 unspecified atom stereocenters. The summed E-state index contributed by atoms with van der Waals surface area (Å²) in [6.07, 6.45) is 3.45. The predicted octanol–water partition coefficient (Wildman–Crippen LogP) is 1.62. The Kier molecular flexibility index (Phi) is 4.05. The monoisotopic (exact) mass is 89.0 g/mol. The molecule has 0 rings (SSSR count). The van der Waals surface area contributed by atoms with Gasteiger partial charge in [-0.15, -0.1) is 11.6 Å². The highest BCUT2D eigenvalue weighted by Gasteiger charge is 1.54. The summed E-state index contributed by atoms with van der Waals surface area (Å²) in [5, 5.41) is 0. The fraction of sp³-hybridized carbons (Fsp3) is 0.250. The highest BCUT2D eigenvalue weighted by atomic mass is 35.5. The first kappa shape index (κ1) is 5.03. The van der Waals surface area contributed by atoms with Crippen molar-refractivity contribution in [3.05, 3.63) is 19.1 Å². The molecule has 0 heterocycles. The van der Waals surface area contributed by atoms with E-state index in [0.29, 0.717) is 5.88 Å². The first-order valence-corrected chi connectivity index (χ1v) is 1.95. The molecular weight excluding hydrogens is 83.5 g/mol. The van der Waals surface area contributed by atoms with Crippen molar-refractivity contribution in [1.82, 2.24) is 0 Å². The molecule has 0 amide bonds. The van der Waals surface area contributed by atoms with E-state index in [1.54, 1.807) is 12.2 Å². The molecule has 0 nitrogen and oxygen atoms in total. The largest absolute Gasteiger partial charge is 0.122 e. The standard InChI is InChI=1S/C4H6Cl/c1-2-3-4-5/h2-3H,1,4H2/b3-2+. The first-order valence-electron chi connectivity index (χ1n) is 1.42. The Balaban J connectivity index is 2.62. The Morgan fingerprint density at radius 1 is 1.80 bits per heavy atom. The Labute approximate surface area is 37.4 Å². The van der Waals surface area contributed by atoms with Crippen LogP contribution < -0.4 is 0 Å². The molecule has 0 bridgehead atoms. The normalized spacial score (nSPS) is 10.0. The third-order valence-electron chi connectivity index (χ3n) is 0.256. The van der Waals surface area contributed by atoms with Gasteiger partial charge in [0.15, 0.2) is 0 Å². The number of alkyl halides is 1. The van der Waals surface area contributed by atoms with Crippen LogP contribution in [0.15, 0.2) is 12.2 Å². The van der Waals surface area contributed by atoms with E-state index in [9.17, 15) is 0 Å². The van der Waals surface area contributed by atoms with Gasteiger partial charge in [-0.2, -0.15) is 0 Å². The molecule has 0 saturated carbocycles. The molecule has 0 spiro atoms. The van der Waals surface area contributed by atoms with Gasteiger partial charge in [-0.25, -0.2) is 0 Å². The molecule has 0 aromatic carbocycles. The van der Waals surface area contributed by atoms with E-state index in [1.165, 1.54) is 0 Å². The molecule has 0 aliphatic carbocycles. The Hall–Kier alpha value is 0.0300. The SMILES string of the molecule is [CH2]/C=C/CCl. The minimum absolute atomic E-state index is 0.573. The van der Waals surface area contributed by atoms with Crippen molar-refractivity contribution < 1.29 is 0 Å². The fourth-order valence-corrected chi connectivity index (χ4v) is 0.189. The smallest absolute Gasteiger partial charge is 0.0404 e. The quantitative estimate of drug-likeness (QED) is 0.428. The van der Waals surface area contributed by atoms with Crippen LogP contribution in [-0.4, -0.2) is 5.88 Å². The van der Waals surface area contributed by atoms with Crippen molar-refractivity contribution in [2.45, 2.75) is 0 Å². The lowest BCUT2D eigenvalue weighted by molar-refractivity contribution is 1.75. The summed E-state index contributed by atoms with van der Waals surface area (Å²) in [6, 6.07) is 0. The van der Waals surface area contributed by atoms with E-state index in [0.717, 1.165) is 0 Å². The summed E-state index contributed by atoms with van der Waals surface area (Å²) >= 11 is 5.17. The lowest BCUT2D eigenvalue weighted by Crippen LogP contribution is -1.51. The van der Waals surface area contributed by atoms with E-state index in [4.69, 9.17) is 11.6 Å². The number of rotatable bonds is 1. The van der Waals surface area contributed by atoms with E-state index >= 15 is 0 Å². The molecule has 0 aliphatic rings. The molecule has 5 heavy (non-hydrogen) atoms. The van der Waals surface area contributed by atoms with Crippen LogP contribution in [-0.2, 0) is 0 Å². The molecule has 29 valence electrons. The van der Waals surface area contributed by atoms with E-state index in [-0.39, 0.29) is 0 Å². The van der Waals surface area contributed by atoms with Crippen LogP contribution in [0.5, 0.6) is 0 Å². The van der Waals surface area contributed by atoms with Crippen molar-refractivity contribution in [3.8, 4) is 0 Å². The summed E-state index contributed by atoms with van der Waals surface area (Å²) in [4.78, 5) is 0. The number of hydrogen-bond acceptors (Lipinski definition) is 0. The molecule has 0 aromatic heterocycles. The van der Waals surface area contributed by atoms with Gasteiger partial charge in [0.05, 0.1) is 0 Å². The third-order valence-corrected chi connectivity index (χ3v) is 0.434. The first-order chi connectivity index (χ1) is 2.41. The maximum atomic E-state index is 5.17. The molecule has 1 heteroatoms. The van der Waals surface area contributed by atoms with Crippen LogP contribution in [0.4, 0.5) is 0 Å². The minimum Gasteiger partial charge on any atom is -0.122 e. The van der Waals surface area contributed by atoms with E-state index in [1.807, 2.05) is 0 Å². The van der Waals surface area contributed by atoms with Gasteiger partial charge in [0.2, 0.25) is 0 Å². The molecule has 1 radical (unpaired) electrons. The number of hydrogen-bond donors (Lipinski definition) is 0. The maximum Gasteiger partial charge on any atom is 0.0404 e. The zero-order valence-corrected chi connectivity index (χ0v) is 3.70. The van der Waals surface area contributed by atoms with Crippen LogP contribution in [0.25, 0.3) is 0 Å². The van der Waals surface area contributed by atoms with Crippen LogP contribution in [0.1, 0.15) is 0 Å². The third kappa shape index (κ3) is 4.03. The Morgan fingerprint density at radius 2 is 2.40 bits per heavy atom. The van der Waals surface area contributed by atoms with Crippen molar-refractivity contribution in [3.63, 3.8) is 0 Å². The molecule has 0 atom stereocenters. The van der Waals surface area contributed by atoms with Crippen molar-refractivity contribution in [1.29, 1.82) is 0 Å². The lowest BCUT2D eigenvalue weighted by Gasteiger charge is -1.62. The van der Waals surface area contributed by atoms with E-state index < -0.39 is 0 Å². The van der Waals surface area contributed by atoms with Gasteiger partial charge in [-0.1, -0.05) is 12.2 Å². The molecular formula is C4H6Cl. The summed E-state index contributed by atoms with van der Waals surface area (Å²) in [5.41, 5.74) is 0. The van der Waals surface area contributed by atoms with E-state index in [2.05, 4.69) is 6.92 Å². The van der Waals surface area contributed by atoms with Gasteiger partial charge in [-0.05, 0) is 6.92 Å². The average Bonchev–Trinajstić information content (AvgIpc) is 1.41. The average molecular weight is 89.5 g/mol. The molecule has 0 N–H and O–H groups in total. The van der Waals surface area contributed by atoms with Gasteiger partial charge >= 0.3 is 0 Å². The summed E-state index contributed by atoms with van der Waals surface area (Å²) in [6.45, 7) is 3.41. The van der Waals surface area contributed by atoms with Crippen LogP contribution in [0, 0.1) is 6.92 Å². The van der Waals surface area contributed by atoms with Crippen LogP contribution in [0.3, 0.4) is 0 Å². The summed E-state index contributed by atoms with van der Waals surface area (Å²) in [7, 11) is 0. The molecule has 0 fully saturated rings. The maximum absolute atomic E-state index is 5.17. The zero-order chi connectivity index (χ0) is 4.12. The summed E-state index contributed by atoms with van der Waals surface area (Å²) in [5.74, 6) is 0.573. The van der Waals surface area contributed by atoms with Gasteiger partial charge < -0.3 is 0 Å². The van der Waals surface area contributed by atoms with Gasteiger partial charge in [0.1, 0.15) is 0 Å². The number of halogens is 1. The molecule has 0 aliphatic heterocycles. The van der Waals surface area contributed by atoms with Crippen molar-refractivity contribution in [2.75, 3.05) is 5.88 Å². The topological polar surface area (TPSA) is 0 Å².